The maximum atomic E-state index is 14.3. The Hall–Kier alpha value is -0.920. The number of rotatable bonds is 8. The maximum absolute atomic E-state index is 14.3. The van der Waals surface area contributed by atoms with Crippen LogP contribution < -0.4 is 0 Å². The van der Waals surface area contributed by atoms with Gasteiger partial charge in [-0.1, -0.05) is 124 Å². The smallest absolute Gasteiger partial charge is 0.155 e. The first-order valence-corrected chi connectivity index (χ1v) is 18.9. The lowest BCUT2D eigenvalue weighted by Gasteiger charge is -2.59. The van der Waals surface area contributed by atoms with Crippen LogP contribution in [-0.2, 0) is 9.84 Å². The Kier molecular flexibility index (Phi) is 9.73. The molecule has 0 aliphatic heterocycles. The molecule has 38 heavy (non-hydrogen) atoms. The Labute approximate surface area is 235 Å². The molecule has 2 unspecified atom stereocenters. The quantitative estimate of drug-likeness (QED) is 0.299. The van der Waals surface area contributed by atoms with E-state index in [1.807, 2.05) is 0 Å². The summed E-state index contributed by atoms with van der Waals surface area (Å²) in [5, 5.41) is -0.815. The van der Waals surface area contributed by atoms with Crippen LogP contribution in [0.25, 0.3) is 5.57 Å². The minimum Gasteiger partial charge on any atom is -0.228 e. The van der Waals surface area contributed by atoms with E-state index < -0.39 is 23.0 Å². The Bertz CT molecular complexity index is 1080. The van der Waals surface area contributed by atoms with Crippen LogP contribution in [0.1, 0.15) is 111 Å². The molecule has 2 atom stereocenters. The number of benzene rings is 1. The fourth-order valence-electron chi connectivity index (χ4n) is 8.22. The van der Waals surface area contributed by atoms with E-state index in [4.69, 9.17) is 0 Å². The first kappa shape index (κ1) is 30.0. The lowest BCUT2D eigenvalue weighted by atomic mass is 9.69. The first-order chi connectivity index (χ1) is 18.0. The Morgan fingerprint density at radius 2 is 1.26 bits per heavy atom. The molecule has 0 amide bonds. The van der Waals surface area contributed by atoms with Gasteiger partial charge in [-0.3, -0.25) is 0 Å². The lowest BCUT2D eigenvalue weighted by Crippen LogP contribution is -2.56. The van der Waals surface area contributed by atoms with Crippen molar-refractivity contribution in [1.82, 2.24) is 0 Å². The predicted molar refractivity (Wildman–Crippen MR) is 168 cm³/mol. The minimum absolute atomic E-state index is 0.202. The molecule has 4 rings (SSSR count). The lowest BCUT2D eigenvalue weighted by molar-refractivity contribution is 0.435. The summed E-state index contributed by atoms with van der Waals surface area (Å²) in [6, 6.07) is 11.0. The average molecular weight is 557 g/mol. The molecule has 212 valence electrons. The van der Waals surface area contributed by atoms with Gasteiger partial charge < -0.3 is 0 Å². The molecule has 1 aromatic carbocycles. The SMILES string of the molecule is CC(C)C1=CC(C(C)C)=C(c2ccccc2)C(C(C)C)(P(C2CCCCC2)C2CCCCC2)C1S(C)(=O)=O. The zero-order chi connectivity index (χ0) is 27.7. The summed E-state index contributed by atoms with van der Waals surface area (Å²) in [7, 11) is -3.96. The van der Waals surface area contributed by atoms with Gasteiger partial charge in [-0.15, -0.1) is 0 Å². The highest BCUT2D eigenvalue weighted by molar-refractivity contribution is 7.92. The summed E-state index contributed by atoms with van der Waals surface area (Å²) >= 11 is 0. The van der Waals surface area contributed by atoms with Crippen molar-refractivity contribution in [2.24, 2.45) is 17.8 Å². The van der Waals surface area contributed by atoms with Crippen LogP contribution in [0.4, 0.5) is 0 Å². The molecule has 0 radical (unpaired) electrons. The van der Waals surface area contributed by atoms with E-state index in [1.54, 1.807) is 6.26 Å². The molecule has 3 aliphatic rings. The molecule has 4 heteroatoms. The summed E-state index contributed by atoms with van der Waals surface area (Å²) in [6.07, 6.45) is 17.0. The fraction of sp³-hybridized carbons (Fsp3) is 0.706. The van der Waals surface area contributed by atoms with Gasteiger partial charge in [-0.25, -0.2) is 8.42 Å². The van der Waals surface area contributed by atoms with Crippen molar-refractivity contribution in [1.29, 1.82) is 0 Å². The largest absolute Gasteiger partial charge is 0.228 e. The Morgan fingerprint density at radius 3 is 1.66 bits per heavy atom. The molecule has 0 aromatic heterocycles. The molecule has 0 spiro atoms. The van der Waals surface area contributed by atoms with Gasteiger partial charge in [0, 0.05) is 11.4 Å². The van der Waals surface area contributed by atoms with Crippen molar-refractivity contribution in [3.8, 4) is 0 Å². The molecular weight excluding hydrogens is 503 g/mol. The van der Waals surface area contributed by atoms with Crippen molar-refractivity contribution in [2.45, 2.75) is 127 Å². The highest BCUT2D eigenvalue weighted by Gasteiger charge is 2.61. The van der Waals surface area contributed by atoms with Gasteiger partial charge in [0.05, 0.1) is 5.25 Å². The number of allylic oxidation sites excluding steroid dienone is 3. The summed E-state index contributed by atoms with van der Waals surface area (Å²) in [6.45, 7) is 13.9. The fourth-order valence-corrected chi connectivity index (χ4v) is 16.2. The van der Waals surface area contributed by atoms with Crippen molar-refractivity contribution < 1.29 is 8.42 Å². The van der Waals surface area contributed by atoms with Gasteiger partial charge in [0.1, 0.15) is 0 Å². The van der Waals surface area contributed by atoms with Gasteiger partial charge in [0.15, 0.2) is 9.84 Å². The maximum Gasteiger partial charge on any atom is 0.155 e. The van der Waals surface area contributed by atoms with Gasteiger partial charge in [0.25, 0.3) is 0 Å². The van der Waals surface area contributed by atoms with Crippen molar-refractivity contribution in [3.05, 3.63) is 53.1 Å². The second kappa shape index (κ2) is 12.3. The molecule has 3 aliphatic carbocycles. The average Bonchev–Trinajstić information content (AvgIpc) is 2.88. The third-order valence-corrected chi connectivity index (χ3v) is 15.9. The van der Waals surface area contributed by atoms with Crippen LogP contribution in [0.3, 0.4) is 0 Å². The van der Waals surface area contributed by atoms with Crippen LogP contribution in [-0.4, -0.2) is 36.4 Å². The Balaban J connectivity index is 2.17. The predicted octanol–water partition coefficient (Wildman–Crippen LogP) is 9.65. The van der Waals surface area contributed by atoms with E-state index >= 15 is 0 Å². The monoisotopic (exact) mass is 556 g/mol. The normalized spacial score (nSPS) is 26.6. The minimum atomic E-state index is -3.37. The molecule has 1 aromatic rings. The van der Waals surface area contributed by atoms with E-state index in [9.17, 15) is 8.42 Å². The van der Waals surface area contributed by atoms with E-state index in [0.29, 0.717) is 17.2 Å². The summed E-state index contributed by atoms with van der Waals surface area (Å²) < 4.78 is 28.6. The van der Waals surface area contributed by atoms with Crippen LogP contribution in [0.15, 0.2) is 47.6 Å². The van der Waals surface area contributed by atoms with Gasteiger partial charge >= 0.3 is 0 Å². The van der Waals surface area contributed by atoms with E-state index in [1.165, 1.54) is 86.5 Å². The standard InChI is InChI=1S/C34H53O2PS/c1-24(2)30-23-31(25(3)4)33(38(7,35)36)34(26(5)6,32(30)27-17-11-8-12-18-27)37(28-19-13-9-14-20-28)29-21-15-10-16-22-29/h8,11-12,17-18,23-26,28-29,33H,9-10,13-16,19-22H2,1-7H3. The highest BCUT2D eigenvalue weighted by atomic mass is 32.2. The van der Waals surface area contributed by atoms with Crippen molar-refractivity contribution in [3.63, 3.8) is 0 Å². The van der Waals surface area contributed by atoms with Gasteiger partial charge in [0.2, 0.25) is 0 Å². The summed E-state index contributed by atoms with van der Waals surface area (Å²) in [5.41, 5.74) is 6.54. The van der Waals surface area contributed by atoms with E-state index in [0.717, 1.165) is 0 Å². The first-order valence-electron chi connectivity index (χ1n) is 15.5. The zero-order valence-corrected chi connectivity index (χ0v) is 26.9. The third-order valence-electron chi connectivity index (χ3n) is 9.74. The highest BCUT2D eigenvalue weighted by Crippen LogP contribution is 2.73. The molecule has 2 nitrogen and oxygen atoms in total. The van der Waals surface area contributed by atoms with Gasteiger partial charge in [-0.2, -0.15) is 0 Å². The molecule has 2 fully saturated rings. The topological polar surface area (TPSA) is 34.1 Å². The molecule has 0 N–H and O–H groups in total. The van der Waals surface area contributed by atoms with Gasteiger partial charge in [-0.05, 0) is 77.0 Å². The van der Waals surface area contributed by atoms with Crippen molar-refractivity contribution >= 4 is 23.3 Å². The van der Waals surface area contributed by atoms with Crippen molar-refractivity contribution in [2.75, 3.05) is 6.26 Å². The Morgan fingerprint density at radius 1 is 0.763 bits per heavy atom. The molecule has 0 saturated heterocycles. The van der Waals surface area contributed by atoms with Crippen LogP contribution in [0.2, 0.25) is 0 Å². The van der Waals surface area contributed by atoms with Crippen LogP contribution in [0, 0.1) is 17.8 Å². The van der Waals surface area contributed by atoms with E-state index in [-0.39, 0.29) is 17.0 Å². The number of hydrogen-bond donors (Lipinski definition) is 0. The zero-order valence-electron chi connectivity index (χ0n) is 25.2. The molecule has 2 saturated carbocycles. The van der Waals surface area contributed by atoms with E-state index in [2.05, 4.69) is 78.0 Å². The summed E-state index contributed by atoms with van der Waals surface area (Å²) in [5.74, 6) is 0.782. The number of sulfone groups is 1. The molecule has 0 heterocycles. The second-order valence-electron chi connectivity index (χ2n) is 13.3. The number of hydrogen-bond acceptors (Lipinski definition) is 2. The van der Waals surface area contributed by atoms with Crippen LogP contribution in [0.5, 0.6) is 0 Å². The summed E-state index contributed by atoms with van der Waals surface area (Å²) in [4.78, 5) is 0. The molecular formula is C34H53O2PS. The van der Waals surface area contributed by atoms with Crippen LogP contribution >= 0.6 is 7.92 Å². The molecule has 0 bridgehead atoms. The third kappa shape index (κ3) is 5.63. The second-order valence-corrected chi connectivity index (χ2v) is 18.5.